The summed E-state index contributed by atoms with van der Waals surface area (Å²) in [6.45, 7) is 3.43. The quantitative estimate of drug-likeness (QED) is 0.774. The van der Waals surface area contributed by atoms with Crippen molar-refractivity contribution in [3.05, 3.63) is 59.1 Å². The van der Waals surface area contributed by atoms with Gasteiger partial charge in [-0.3, -0.25) is 4.79 Å². The number of pyridine rings is 1. The molecule has 0 saturated heterocycles. The van der Waals surface area contributed by atoms with Crippen LogP contribution in [0, 0.1) is 25.2 Å². The Kier molecular flexibility index (Phi) is 4.67. The lowest BCUT2D eigenvalue weighted by atomic mass is 9.98. The van der Waals surface area contributed by atoms with Crippen LogP contribution >= 0.6 is 0 Å². The van der Waals surface area contributed by atoms with Gasteiger partial charge in [0.2, 0.25) is 0 Å². The highest BCUT2D eigenvalue weighted by Gasteiger charge is 2.17. The number of rotatable bonds is 4. The van der Waals surface area contributed by atoms with Gasteiger partial charge in [-0.15, -0.1) is 0 Å². The number of nitrogens with one attached hydrogen (secondary N) is 1. The number of nitrogens with zero attached hydrogens (tertiary/aromatic N) is 3. The van der Waals surface area contributed by atoms with Crippen LogP contribution in [-0.4, -0.2) is 23.2 Å². The van der Waals surface area contributed by atoms with Gasteiger partial charge in [0.15, 0.2) is 5.82 Å². The first-order valence-corrected chi connectivity index (χ1v) is 7.82. The minimum Gasteiger partial charge on any atom is -0.497 e. The van der Waals surface area contributed by atoms with E-state index in [4.69, 9.17) is 9.26 Å². The lowest BCUT2D eigenvalue weighted by Crippen LogP contribution is -2.15. The minimum absolute atomic E-state index is 0.188. The Hall–Kier alpha value is -3.66. The maximum Gasteiger partial charge on any atom is 0.275 e. The number of ether oxygens (including phenoxy) is 1. The summed E-state index contributed by atoms with van der Waals surface area (Å²) in [7, 11) is 1.58. The first-order chi connectivity index (χ1) is 12.5. The van der Waals surface area contributed by atoms with Crippen LogP contribution in [0.5, 0.6) is 5.75 Å². The van der Waals surface area contributed by atoms with Gasteiger partial charge in [-0.05, 0) is 37.6 Å². The third-order valence-electron chi connectivity index (χ3n) is 3.82. The zero-order valence-corrected chi connectivity index (χ0v) is 14.5. The molecule has 0 fully saturated rings. The van der Waals surface area contributed by atoms with Crippen molar-refractivity contribution in [3.8, 4) is 22.9 Å². The van der Waals surface area contributed by atoms with Crippen LogP contribution in [0.15, 0.2) is 40.9 Å². The number of nitriles is 1. The van der Waals surface area contributed by atoms with E-state index in [1.165, 1.54) is 0 Å². The molecule has 1 amide bonds. The third-order valence-corrected chi connectivity index (χ3v) is 3.82. The third kappa shape index (κ3) is 3.39. The molecule has 1 aromatic carbocycles. The second-order valence-electron chi connectivity index (χ2n) is 5.63. The molecule has 0 bridgehead atoms. The maximum atomic E-state index is 12.5. The number of anilines is 1. The number of aromatic nitrogens is 2. The van der Waals surface area contributed by atoms with E-state index in [-0.39, 0.29) is 5.69 Å². The fourth-order valence-corrected chi connectivity index (χ4v) is 2.53. The summed E-state index contributed by atoms with van der Waals surface area (Å²) in [5.74, 6) is 1.17. The SMILES string of the molecule is COc1ccc(-c2cc(C(=O)Nc3cc(C)on3)nc(C)c2C#N)cc1. The number of methoxy groups -OCH3 is 1. The molecular formula is C19H16N4O3. The molecule has 0 unspecified atom stereocenters. The molecule has 3 rings (SSSR count). The van der Waals surface area contributed by atoms with Gasteiger partial charge in [0.25, 0.3) is 5.91 Å². The highest BCUT2D eigenvalue weighted by molar-refractivity contribution is 6.03. The molecule has 0 saturated carbocycles. The molecule has 0 radical (unpaired) electrons. The largest absolute Gasteiger partial charge is 0.497 e. The molecule has 7 heteroatoms. The van der Waals surface area contributed by atoms with Crippen LogP contribution in [0.3, 0.4) is 0 Å². The van der Waals surface area contributed by atoms with E-state index < -0.39 is 5.91 Å². The number of hydrogen-bond donors (Lipinski definition) is 1. The van der Waals surface area contributed by atoms with Gasteiger partial charge >= 0.3 is 0 Å². The van der Waals surface area contributed by atoms with Crippen molar-refractivity contribution in [1.82, 2.24) is 10.1 Å². The van der Waals surface area contributed by atoms with Gasteiger partial charge in [-0.1, -0.05) is 17.3 Å². The highest BCUT2D eigenvalue weighted by Crippen LogP contribution is 2.28. The molecule has 3 aromatic rings. The molecule has 7 nitrogen and oxygen atoms in total. The van der Waals surface area contributed by atoms with Crippen LogP contribution in [0.4, 0.5) is 5.82 Å². The van der Waals surface area contributed by atoms with Gasteiger partial charge in [-0.2, -0.15) is 5.26 Å². The van der Waals surface area contributed by atoms with Gasteiger partial charge < -0.3 is 14.6 Å². The molecule has 1 N–H and O–H groups in total. The summed E-state index contributed by atoms with van der Waals surface area (Å²) in [4.78, 5) is 16.8. The number of benzene rings is 1. The average molecular weight is 348 g/mol. The Morgan fingerprint density at radius 2 is 1.96 bits per heavy atom. The first kappa shape index (κ1) is 17.2. The molecule has 2 heterocycles. The molecule has 0 atom stereocenters. The molecule has 0 aliphatic heterocycles. The fourth-order valence-electron chi connectivity index (χ4n) is 2.53. The highest BCUT2D eigenvalue weighted by atomic mass is 16.5. The van der Waals surface area contributed by atoms with E-state index in [2.05, 4.69) is 21.5 Å². The summed E-state index contributed by atoms with van der Waals surface area (Å²) in [6.07, 6.45) is 0. The normalized spacial score (nSPS) is 10.2. The van der Waals surface area contributed by atoms with Crippen LogP contribution < -0.4 is 10.1 Å². The zero-order chi connectivity index (χ0) is 18.7. The van der Waals surface area contributed by atoms with Gasteiger partial charge in [0.1, 0.15) is 23.3 Å². The van der Waals surface area contributed by atoms with E-state index in [1.54, 1.807) is 45.2 Å². The second kappa shape index (κ2) is 7.07. The summed E-state index contributed by atoms with van der Waals surface area (Å²) < 4.78 is 10.1. The van der Waals surface area contributed by atoms with Crippen molar-refractivity contribution in [2.75, 3.05) is 12.4 Å². The van der Waals surface area contributed by atoms with Gasteiger partial charge in [0.05, 0.1) is 18.4 Å². The molecule has 2 aromatic heterocycles. The number of hydrogen-bond acceptors (Lipinski definition) is 6. The average Bonchev–Trinajstić information content (AvgIpc) is 3.05. The maximum absolute atomic E-state index is 12.5. The molecule has 0 aliphatic rings. The zero-order valence-electron chi connectivity index (χ0n) is 14.5. The summed E-state index contributed by atoms with van der Waals surface area (Å²) in [5, 5.41) is 15.9. The fraction of sp³-hybridized carbons (Fsp3) is 0.158. The predicted molar refractivity (Wildman–Crippen MR) is 94.9 cm³/mol. The number of carbonyl (C=O) groups excluding carboxylic acids is 1. The topological polar surface area (TPSA) is 101 Å². The molecule has 0 spiro atoms. The predicted octanol–water partition coefficient (Wildman–Crippen LogP) is 3.49. The van der Waals surface area contributed by atoms with E-state index in [9.17, 15) is 10.1 Å². The van der Waals surface area contributed by atoms with Crippen molar-refractivity contribution < 1.29 is 14.1 Å². The molecule has 0 aliphatic carbocycles. The van der Waals surface area contributed by atoms with Crippen molar-refractivity contribution in [1.29, 1.82) is 5.26 Å². The van der Waals surface area contributed by atoms with Gasteiger partial charge in [0, 0.05) is 11.6 Å². The number of aryl methyl sites for hydroxylation is 2. The molecule has 26 heavy (non-hydrogen) atoms. The summed E-state index contributed by atoms with van der Waals surface area (Å²) >= 11 is 0. The van der Waals surface area contributed by atoms with E-state index >= 15 is 0 Å². The smallest absolute Gasteiger partial charge is 0.275 e. The Morgan fingerprint density at radius 3 is 2.54 bits per heavy atom. The van der Waals surface area contributed by atoms with E-state index in [0.717, 1.165) is 5.56 Å². The minimum atomic E-state index is -0.430. The van der Waals surface area contributed by atoms with E-state index in [0.29, 0.717) is 34.1 Å². The van der Waals surface area contributed by atoms with Crippen LogP contribution in [0.1, 0.15) is 27.5 Å². The van der Waals surface area contributed by atoms with Crippen LogP contribution in [0.2, 0.25) is 0 Å². The lowest BCUT2D eigenvalue weighted by molar-refractivity contribution is 0.102. The number of carbonyl (C=O) groups is 1. The Morgan fingerprint density at radius 1 is 1.23 bits per heavy atom. The second-order valence-corrected chi connectivity index (χ2v) is 5.63. The molecular weight excluding hydrogens is 332 g/mol. The molecule has 130 valence electrons. The van der Waals surface area contributed by atoms with Gasteiger partial charge in [-0.25, -0.2) is 4.98 Å². The van der Waals surface area contributed by atoms with Crippen molar-refractivity contribution in [2.24, 2.45) is 0 Å². The van der Waals surface area contributed by atoms with Crippen LogP contribution in [0.25, 0.3) is 11.1 Å². The monoisotopic (exact) mass is 348 g/mol. The number of amides is 1. The Labute approximate surface area is 150 Å². The summed E-state index contributed by atoms with van der Waals surface area (Å²) in [6, 6.07) is 12.6. The Bertz CT molecular complexity index is 1000. The summed E-state index contributed by atoms with van der Waals surface area (Å²) in [5.41, 5.74) is 2.50. The van der Waals surface area contributed by atoms with Crippen molar-refractivity contribution in [3.63, 3.8) is 0 Å². The van der Waals surface area contributed by atoms with Crippen molar-refractivity contribution in [2.45, 2.75) is 13.8 Å². The lowest BCUT2D eigenvalue weighted by Gasteiger charge is -2.10. The van der Waals surface area contributed by atoms with E-state index in [1.807, 2.05) is 12.1 Å². The van der Waals surface area contributed by atoms with Crippen molar-refractivity contribution >= 4 is 11.7 Å². The van der Waals surface area contributed by atoms with Crippen LogP contribution in [-0.2, 0) is 0 Å². The Balaban J connectivity index is 2.01. The first-order valence-electron chi connectivity index (χ1n) is 7.82. The standard InChI is InChI=1S/C19H16N4O3/c1-11-8-18(23-26-11)22-19(24)17-9-15(16(10-20)12(2)21-17)13-4-6-14(25-3)7-5-13/h4-9H,1-3H3,(H,22,23,24).